The number of hydrogen-bond acceptors (Lipinski definition) is 2. The largest absolute Gasteiger partial charge is 0.507 e. The van der Waals surface area contributed by atoms with Gasteiger partial charge in [0, 0.05) is 0 Å². The molecule has 0 unspecified atom stereocenters. The summed E-state index contributed by atoms with van der Waals surface area (Å²) in [5, 5.41) is 11.4. The average Bonchev–Trinajstić information content (AvgIpc) is 2.70. The van der Waals surface area contributed by atoms with Gasteiger partial charge in [-0.25, -0.2) is 0 Å². The van der Waals surface area contributed by atoms with E-state index in [1.807, 2.05) is 13.0 Å². The standard InChI is InChI=1S/C25H45NO2Si/c1-7-10-14-26(15-11-8-2,16-12-9-3)17-13-18-29(5,6)24-19-22(4)25(28)23(20-24)21-27/h19-21H,7-18H2,1-6H3/p+1. The summed E-state index contributed by atoms with van der Waals surface area (Å²) in [6.45, 7) is 18.9. The Morgan fingerprint density at radius 2 is 1.38 bits per heavy atom. The van der Waals surface area contributed by atoms with Gasteiger partial charge in [-0.3, -0.25) is 4.79 Å². The lowest BCUT2D eigenvalue weighted by Crippen LogP contribution is -2.51. The van der Waals surface area contributed by atoms with E-state index in [0.717, 1.165) is 11.8 Å². The summed E-state index contributed by atoms with van der Waals surface area (Å²) >= 11 is 0. The first-order valence-electron chi connectivity index (χ1n) is 11.9. The van der Waals surface area contributed by atoms with Gasteiger partial charge in [-0.15, -0.1) is 0 Å². The molecule has 0 saturated heterocycles. The molecule has 0 saturated carbocycles. The fourth-order valence-corrected chi connectivity index (χ4v) is 6.92. The van der Waals surface area contributed by atoms with Crippen molar-refractivity contribution in [2.45, 2.75) is 91.8 Å². The topological polar surface area (TPSA) is 37.3 Å². The van der Waals surface area contributed by atoms with E-state index in [1.165, 1.54) is 86.8 Å². The summed E-state index contributed by atoms with van der Waals surface area (Å²) in [4.78, 5) is 11.4. The molecule has 0 atom stereocenters. The molecule has 1 N–H and O–H groups in total. The summed E-state index contributed by atoms with van der Waals surface area (Å²) in [6, 6.07) is 5.29. The quantitative estimate of drug-likeness (QED) is 0.213. The highest BCUT2D eigenvalue weighted by Crippen LogP contribution is 2.24. The summed E-state index contributed by atoms with van der Waals surface area (Å²) in [5.74, 6) is 0.142. The molecule has 0 aliphatic carbocycles. The van der Waals surface area contributed by atoms with E-state index in [1.54, 1.807) is 0 Å². The zero-order chi connectivity index (χ0) is 21.9. The number of benzene rings is 1. The molecule has 166 valence electrons. The predicted octanol–water partition coefficient (Wildman–Crippen LogP) is 6.04. The number of rotatable bonds is 15. The first-order chi connectivity index (χ1) is 13.7. The minimum atomic E-state index is -1.65. The predicted molar refractivity (Wildman–Crippen MR) is 129 cm³/mol. The Kier molecular flexibility index (Phi) is 11.2. The van der Waals surface area contributed by atoms with E-state index in [-0.39, 0.29) is 5.75 Å². The van der Waals surface area contributed by atoms with E-state index in [4.69, 9.17) is 0 Å². The van der Waals surface area contributed by atoms with Gasteiger partial charge in [-0.1, -0.05) is 64.4 Å². The number of aryl methyl sites for hydroxylation is 1. The molecule has 0 aliphatic rings. The molecular weight excluding hydrogens is 374 g/mol. The second-order valence-electron chi connectivity index (χ2n) is 9.63. The lowest BCUT2D eigenvalue weighted by atomic mass is 10.1. The highest BCUT2D eigenvalue weighted by atomic mass is 28.3. The number of aromatic hydroxyl groups is 1. The maximum absolute atomic E-state index is 11.4. The molecule has 0 aliphatic heterocycles. The van der Waals surface area contributed by atoms with Crippen LogP contribution in [0.2, 0.25) is 19.1 Å². The van der Waals surface area contributed by atoms with Gasteiger partial charge in [-0.2, -0.15) is 0 Å². The van der Waals surface area contributed by atoms with Crippen molar-refractivity contribution in [1.82, 2.24) is 0 Å². The van der Waals surface area contributed by atoms with Gasteiger partial charge in [-0.05, 0) is 50.3 Å². The normalized spacial score (nSPS) is 12.3. The molecule has 0 aromatic heterocycles. The minimum Gasteiger partial charge on any atom is -0.507 e. The number of quaternary nitrogens is 1. The summed E-state index contributed by atoms with van der Waals surface area (Å²) < 4.78 is 1.30. The van der Waals surface area contributed by atoms with Crippen LogP contribution in [-0.4, -0.2) is 50.1 Å². The lowest BCUT2D eigenvalue weighted by Gasteiger charge is -2.40. The third-order valence-corrected chi connectivity index (χ3v) is 10.1. The van der Waals surface area contributed by atoms with Crippen LogP contribution in [0.5, 0.6) is 5.75 Å². The molecule has 1 aromatic rings. The van der Waals surface area contributed by atoms with E-state index >= 15 is 0 Å². The van der Waals surface area contributed by atoms with Gasteiger partial charge in [0.2, 0.25) is 0 Å². The van der Waals surface area contributed by atoms with Crippen LogP contribution in [-0.2, 0) is 0 Å². The van der Waals surface area contributed by atoms with Crippen LogP contribution in [0.3, 0.4) is 0 Å². The van der Waals surface area contributed by atoms with Gasteiger partial charge in [0.25, 0.3) is 0 Å². The van der Waals surface area contributed by atoms with E-state index in [0.29, 0.717) is 5.56 Å². The fraction of sp³-hybridized carbons (Fsp3) is 0.720. The maximum Gasteiger partial charge on any atom is 0.153 e. The molecule has 0 fully saturated rings. The van der Waals surface area contributed by atoms with E-state index in [9.17, 15) is 9.90 Å². The van der Waals surface area contributed by atoms with Crippen molar-refractivity contribution in [3.05, 3.63) is 23.3 Å². The number of carbonyl (C=O) groups is 1. The van der Waals surface area contributed by atoms with Crippen LogP contribution >= 0.6 is 0 Å². The van der Waals surface area contributed by atoms with Crippen LogP contribution in [0.1, 0.15) is 81.6 Å². The van der Waals surface area contributed by atoms with Gasteiger partial charge < -0.3 is 9.59 Å². The summed E-state index contributed by atoms with van der Waals surface area (Å²) in [5.41, 5.74) is 1.27. The van der Waals surface area contributed by atoms with Crippen LogP contribution < -0.4 is 5.19 Å². The number of phenols is 1. The number of hydrogen-bond donors (Lipinski definition) is 1. The highest BCUT2D eigenvalue weighted by molar-refractivity contribution is 6.89. The van der Waals surface area contributed by atoms with Crippen molar-refractivity contribution in [2.24, 2.45) is 0 Å². The molecule has 0 bridgehead atoms. The van der Waals surface area contributed by atoms with Crippen molar-refractivity contribution in [3.63, 3.8) is 0 Å². The van der Waals surface area contributed by atoms with E-state index in [2.05, 4.69) is 39.9 Å². The molecule has 4 heteroatoms. The Labute approximate surface area is 181 Å². The maximum atomic E-state index is 11.4. The summed E-state index contributed by atoms with van der Waals surface area (Å²) in [6.07, 6.45) is 9.86. The number of unbranched alkanes of at least 4 members (excludes halogenated alkanes) is 3. The molecule has 3 nitrogen and oxygen atoms in total. The van der Waals surface area contributed by atoms with Crippen LogP contribution in [0.4, 0.5) is 0 Å². The highest BCUT2D eigenvalue weighted by Gasteiger charge is 2.29. The molecular formula is C25H46NO2Si+. The lowest BCUT2D eigenvalue weighted by molar-refractivity contribution is -0.928. The fourth-order valence-electron chi connectivity index (χ4n) is 4.44. The molecule has 29 heavy (non-hydrogen) atoms. The Morgan fingerprint density at radius 3 is 1.83 bits per heavy atom. The second-order valence-corrected chi connectivity index (χ2v) is 14.5. The first-order valence-corrected chi connectivity index (χ1v) is 15.1. The van der Waals surface area contributed by atoms with Gasteiger partial charge >= 0.3 is 0 Å². The van der Waals surface area contributed by atoms with Crippen LogP contribution in [0.15, 0.2) is 12.1 Å². The number of nitrogens with zero attached hydrogens (tertiary/aromatic N) is 1. The SMILES string of the molecule is CCCC[N+](CCCC)(CCCC)CCC[Si](C)(C)c1cc(C)c(O)c(C=O)c1. The van der Waals surface area contributed by atoms with Gasteiger partial charge in [0.1, 0.15) is 5.75 Å². The Bertz CT molecular complexity index is 606. The van der Waals surface area contributed by atoms with E-state index < -0.39 is 8.07 Å². The first kappa shape index (κ1) is 25.9. The number of carbonyl (C=O) groups excluding carboxylic acids is 1. The zero-order valence-corrected chi connectivity index (χ0v) is 21.0. The third kappa shape index (κ3) is 7.90. The van der Waals surface area contributed by atoms with Gasteiger partial charge in [0.15, 0.2) is 6.29 Å². The van der Waals surface area contributed by atoms with Crippen molar-refractivity contribution in [3.8, 4) is 5.75 Å². The average molecular weight is 421 g/mol. The number of aldehydes is 1. The molecule has 1 aromatic carbocycles. The number of phenolic OH excluding ortho intramolecular Hbond substituents is 1. The monoisotopic (exact) mass is 420 g/mol. The second kappa shape index (κ2) is 12.5. The van der Waals surface area contributed by atoms with Crippen molar-refractivity contribution in [2.75, 3.05) is 26.2 Å². The molecule has 0 spiro atoms. The molecule has 0 amide bonds. The van der Waals surface area contributed by atoms with Crippen LogP contribution in [0, 0.1) is 6.92 Å². The Balaban J connectivity index is 2.92. The Hall–Kier alpha value is -1.13. The Morgan fingerprint density at radius 1 is 0.897 bits per heavy atom. The van der Waals surface area contributed by atoms with Crippen molar-refractivity contribution in [1.29, 1.82) is 0 Å². The van der Waals surface area contributed by atoms with Crippen LogP contribution in [0.25, 0.3) is 0 Å². The van der Waals surface area contributed by atoms with Crippen molar-refractivity contribution >= 4 is 19.5 Å². The summed E-state index contributed by atoms with van der Waals surface area (Å²) in [7, 11) is -1.65. The molecule has 1 rings (SSSR count). The third-order valence-electron chi connectivity index (χ3n) is 6.63. The van der Waals surface area contributed by atoms with Crippen molar-refractivity contribution < 1.29 is 14.4 Å². The van der Waals surface area contributed by atoms with Gasteiger partial charge in [0.05, 0.1) is 39.8 Å². The molecule has 0 heterocycles. The molecule has 0 radical (unpaired) electrons. The minimum absolute atomic E-state index is 0.142. The smallest absolute Gasteiger partial charge is 0.153 e. The zero-order valence-electron chi connectivity index (χ0n) is 20.0.